The third-order valence-corrected chi connectivity index (χ3v) is 5.81. The van der Waals surface area contributed by atoms with E-state index in [1.54, 1.807) is 42.2 Å². The van der Waals surface area contributed by atoms with Gasteiger partial charge in [0.05, 0.1) is 12.2 Å². The van der Waals surface area contributed by atoms with E-state index in [1.165, 1.54) is 23.5 Å². The van der Waals surface area contributed by atoms with E-state index in [2.05, 4.69) is 5.32 Å². The Labute approximate surface area is 189 Å². The average molecular weight is 461 g/mol. The zero-order valence-corrected chi connectivity index (χ0v) is 18.5. The maximum Gasteiger partial charge on any atom is 0.409 e. The van der Waals surface area contributed by atoms with Crippen LogP contribution in [-0.4, -0.2) is 55.2 Å². The van der Waals surface area contributed by atoms with E-state index in [0.717, 1.165) is 0 Å². The number of carbonyl (C=O) groups is 3. The zero-order chi connectivity index (χ0) is 22.9. The van der Waals surface area contributed by atoms with Gasteiger partial charge >= 0.3 is 12.1 Å². The summed E-state index contributed by atoms with van der Waals surface area (Å²) in [5, 5.41) is 4.67. The molecule has 3 rings (SSSR count). The van der Waals surface area contributed by atoms with Gasteiger partial charge in [-0.3, -0.25) is 4.79 Å². The number of nitrogens with zero attached hydrogens (tertiary/aromatic N) is 1. The first kappa shape index (κ1) is 23.5. The number of likely N-dealkylation sites (tertiary alicyclic amines) is 1. The van der Waals surface area contributed by atoms with Crippen molar-refractivity contribution in [3.63, 3.8) is 0 Å². The van der Waals surface area contributed by atoms with E-state index in [4.69, 9.17) is 9.47 Å². The van der Waals surface area contributed by atoms with Crippen molar-refractivity contribution < 1.29 is 28.2 Å². The molecule has 1 fully saturated rings. The van der Waals surface area contributed by atoms with Gasteiger partial charge in [0.1, 0.15) is 5.82 Å². The van der Waals surface area contributed by atoms with Gasteiger partial charge in [-0.2, -0.15) is 0 Å². The predicted molar refractivity (Wildman–Crippen MR) is 119 cm³/mol. The van der Waals surface area contributed by atoms with Crippen LogP contribution in [0, 0.1) is 5.82 Å². The van der Waals surface area contributed by atoms with Gasteiger partial charge in [-0.05, 0) is 55.0 Å². The summed E-state index contributed by atoms with van der Waals surface area (Å²) in [6, 6.07) is 9.23. The summed E-state index contributed by atoms with van der Waals surface area (Å²) in [6.07, 6.45) is 2.46. The number of amides is 2. The number of benzene rings is 1. The molecular weight excluding hydrogens is 435 g/mol. The number of halogens is 1. The van der Waals surface area contributed by atoms with Gasteiger partial charge < -0.3 is 19.7 Å². The third kappa shape index (κ3) is 6.65. The van der Waals surface area contributed by atoms with Crippen LogP contribution >= 0.6 is 11.3 Å². The number of hydrogen-bond donors (Lipinski definition) is 1. The van der Waals surface area contributed by atoms with Crippen LogP contribution in [-0.2, 0) is 19.1 Å². The molecule has 0 unspecified atom stereocenters. The molecule has 1 aliphatic rings. The molecule has 9 heteroatoms. The number of hydrogen-bond acceptors (Lipinski definition) is 6. The van der Waals surface area contributed by atoms with Crippen LogP contribution in [0.4, 0.5) is 9.18 Å². The summed E-state index contributed by atoms with van der Waals surface area (Å²) in [5.74, 6) is -1.41. The highest BCUT2D eigenvalue weighted by atomic mass is 32.1. The predicted octanol–water partition coefficient (Wildman–Crippen LogP) is 3.71. The van der Waals surface area contributed by atoms with Gasteiger partial charge in [0.2, 0.25) is 0 Å². The van der Waals surface area contributed by atoms with Gasteiger partial charge in [-0.1, -0.05) is 18.2 Å². The van der Waals surface area contributed by atoms with E-state index in [1.807, 2.05) is 5.38 Å². The summed E-state index contributed by atoms with van der Waals surface area (Å²) in [7, 11) is 0. The highest BCUT2D eigenvalue weighted by molar-refractivity contribution is 7.11. The lowest BCUT2D eigenvalue weighted by Crippen LogP contribution is -2.47. The molecule has 1 N–H and O–H groups in total. The molecule has 0 bridgehead atoms. The largest absolute Gasteiger partial charge is 0.452 e. The van der Waals surface area contributed by atoms with E-state index in [9.17, 15) is 18.8 Å². The number of carbonyl (C=O) groups excluding carboxylic acids is 3. The molecule has 2 aromatic rings. The van der Waals surface area contributed by atoms with Gasteiger partial charge in [0.25, 0.3) is 5.91 Å². The second kappa shape index (κ2) is 11.4. The molecule has 0 spiro atoms. The highest BCUT2D eigenvalue weighted by Crippen LogP contribution is 2.24. The maximum atomic E-state index is 13.2. The second-order valence-corrected chi connectivity index (χ2v) is 8.14. The first-order valence-corrected chi connectivity index (χ1v) is 11.2. The maximum absolute atomic E-state index is 13.2. The van der Waals surface area contributed by atoms with Gasteiger partial charge in [-0.15, -0.1) is 11.3 Å². The van der Waals surface area contributed by atoms with E-state index in [-0.39, 0.29) is 18.0 Å². The summed E-state index contributed by atoms with van der Waals surface area (Å²) >= 11 is 1.36. The minimum Gasteiger partial charge on any atom is -0.452 e. The number of nitrogens with one attached hydrogen (secondary N) is 1. The third-order valence-electron chi connectivity index (χ3n) is 4.91. The molecule has 0 aliphatic carbocycles. The van der Waals surface area contributed by atoms with Crippen molar-refractivity contribution in [2.24, 2.45) is 0 Å². The Hall–Kier alpha value is -3.20. The van der Waals surface area contributed by atoms with Crippen LogP contribution < -0.4 is 5.32 Å². The minimum absolute atomic E-state index is 0.0987. The van der Waals surface area contributed by atoms with Crippen LogP contribution in [0.3, 0.4) is 0 Å². The zero-order valence-electron chi connectivity index (χ0n) is 17.7. The monoisotopic (exact) mass is 460 g/mol. The average Bonchev–Trinajstić information content (AvgIpc) is 3.32. The standard InChI is InChI=1S/C23H25FN2O5S/c1-2-30-23(29)26-11-9-18(10-12-26)25-21(27)15-31-22(28)19(20-4-3-13-32-20)14-16-5-7-17(24)8-6-16/h3-8,13-14,18H,2,9-12,15H2,1H3,(H,25,27). The molecule has 0 radical (unpaired) electrons. The molecule has 2 amide bonds. The van der Waals surface area contributed by atoms with Crippen LogP contribution in [0.5, 0.6) is 0 Å². The number of rotatable bonds is 7. The van der Waals surface area contributed by atoms with Crippen molar-refractivity contribution in [1.82, 2.24) is 10.2 Å². The second-order valence-electron chi connectivity index (χ2n) is 7.19. The van der Waals surface area contributed by atoms with Gasteiger partial charge in [0, 0.05) is 24.0 Å². The number of thiophene rings is 1. The summed E-state index contributed by atoms with van der Waals surface area (Å²) in [5.41, 5.74) is 0.937. The number of esters is 1. The molecule has 2 heterocycles. The highest BCUT2D eigenvalue weighted by Gasteiger charge is 2.25. The van der Waals surface area contributed by atoms with Gasteiger partial charge in [0.15, 0.2) is 6.61 Å². The molecule has 1 aliphatic heterocycles. The fraction of sp³-hybridized carbons (Fsp3) is 0.348. The first-order valence-electron chi connectivity index (χ1n) is 10.4. The fourth-order valence-electron chi connectivity index (χ4n) is 3.29. The number of piperidine rings is 1. The smallest absolute Gasteiger partial charge is 0.409 e. The molecule has 7 nitrogen and oxygen atoms in total. The Kier molecular flexibility index (Phi) is 8.38. The summed E-state index contributed by atoms with van der Waals surface area (Å²) in [4.78, 5) is 39.0. The Balaban J connectivity index is 1.53. The first-order chi connectivity index (χ1) is 15.5. The van der Waals surface area contributed by atoms with Crippen molar-refractivity contribution in [3.8, 4) is 0 Å². The van der Waals surface area contributed by atoms with E-state index in [0.29, 0.717) is 48.6 Å². The van der Waals surface area contributed by atoms with Crippen molar-refractivity contribution in [1.29, 1.82) is 0 Å². The minimum atomic E-state index is -0.635. The molecular formula is C23H25FN2O5S. The van der Waals surface area contributed by atoms with E-state index < -0.39 is 18.5 Å². The van der Waals surface area contributed by atoms with Gasteiger partial charge in [-0.25, -0.2) is 14.0 Å². The lowest BCUT2D eigenvalue weighted by Gasteiger charge is -2.31. The van der Waals surface area contributed by atoms with Crippen LogP contribution in [0.1, 0.15) is 30.2 Å². The molecule has 0 atom stereocenters. The van der Waals surface area contributed by atoms with Crippen LogP contribution in [0.15, 0.2) is 41.8 Å². The molecule has 1 aromatic heterocycles. The van der Waals surface area contributed by atoms with Crippen molar-refractivity contribution in [2.45, 2.75) is 25.8 Å². The molecule has 1 aromatic carbocycles. The SMILES string of the molecule is CCOC(=O)N1CCC(NC(=O)COC(=O)C(=Cc2ccc(F)cc2)c2cccs2)CC1. The van der Waals surface area contributed by atoms with Crippen molar-refractivity contribution >= 4 is 41.0 Å². The van der Waals surface area contributed by atoms with Crippen LogP contribution in [0.2, 0.25) is 0 Å². The van der Waals surface area contributed by atoms with E-state index >= 15 is 0 Å². The molecule has 170 valence electrons. The Morgan fingerprint density at radius 1 is 1.16 bits per heavy atom. The quantitative estimate of drug-likeness (QED) is 0.503. The Bertz CT molecular complexity index is 951. The summed E-state index contributed by atoms with van der Waals surface area (Å²) in [6.45, 7) is 2.65. The van der Waals surface area contributed by atoms with Crippen molar-refractivity contribution in [2.75, 3.05) is 26.3 Å². The molecule has 0 saturated carbocycles. The molecule has 32 heavy (non-hydrogen) atoms. The topological polar surface area (TPSA) is 84.9 Å². The lowest BCUT2D eigenvalue weighted by molar-refractivity contribution is -0.143. The molecule has 1 saturated heterocycles. The normalized spacial score (nSPS) is 14.7. The van der Waals surface area contributed by atoms with Crippen molar-refractivity contribution in [3.05, 3.63) is 58.0 Å². The Morgan fingerprint density at radius 3 is 2.50 bits per heavy atom. The Morgan fingerprint density at radius 2 is 1.88 bits per heavy atom. The summed E-state index contributed by atoms with van der Waals surface area (Å²) < 4.78 is 23.4. The van der Waals surface area contributed by atoms with Crippen LogP contribution in [0.25, 0.3) is 11.6 Å². The fourth-order valence-corrected chi connectivity index (χ4v) is 4.02. The number of ether oxygens (including phenoxy) is 2. The lowest BCUT2D eigenvalue weighted by atomic mass is 10.1.